The van der Waals surface area contributed by atoms with E-state index < -0.39 is 43.1 Å². The third kappa shape index (κ3) is 5.50. The molecule has 1 aliphatic carbocycles. The lowest BCUT2D eigenvalue weighted by molar-refractivity contribution is -0.277. The molecule has 12 nitrogen and oxygen atoms in total. The van der Waals surface area contributed by atoms with E-state index in [1.165, 1.54) is 26.4 Å². The van der Waals surface area contributed by atoms with Crippen LogP contribution in [-0.4, -0.2) is 77.7 Å². The highest BCUT2D eigenvalue weighted by atomic mass is 16.7. The van der Waals surface area contributed by atoms with Crippen molar-refractivity contribution in [3.63, 3.8) is 0 Å². The van der Waals surface area contributed by atoms with E-state index in [0.29, 0.717) is 33.6 Å². The quantitative estimate of drug-likeness (QED) is 0.247. The first-order chi connectivity index (χ1) is 21.8. The number of ketones is 1. The van der Waals surface area contributed by atoms with Crippen LogP contribution in [0.1, 0.15) is 5.56 Å². The molecule has 0 bridgehead atoms. The van der Waals surface area contributed by atoms with Crippen LogP contribution in [0.5, 0.6) is 17.4 Å². The number of allylic oxidation sites excluding steroid dienone is 2. The third-order valence-electron chi connectivity index (χ3n) is 7.55. The molecule has 0 radical (unpaired) electrons. The van der Waals surface area contributed by atoms with Crippen LogP contribution in [0.4, 0.5) is 0 Å². The SMILES string of the molecule is C=Cc1ccc(Oc2cc3c(O[C@@H]4O[C@H](C[OH2+])[C@@H](O)[C@H](O)[C@H]4O)c(=C4C=C(OC)C(=O)C(OC)=C4)oc4cccc(o2)c4-3)cc1. The summed E-state index contributed by atoms with van der Waals surface area (Å²) in [6.45, 7) is 3.35. The van der Waals surface area contributed by atoms with E-state index in [2.05, 4.69) is 6.58 Å². The van der Waals surface area contributed by atoms with Crippen molar-refractivity contribution in [2.75, 3.05) is 20.8 Å². The van der Waals surface area contributed by atoms with Gasteiger partial charge in [-0.1, -0.05) is 30.9 Å². The number of aliphatic hydroxyl groups excluding tert-OH is 3. The van der Waals surface area contributed by atoms with Gasteiger partial charge in [0.2, 0.25) is 6.29 Å². The number of carbonyl (C=O) groups is 1. The predicted octanol–water partition coefficient (Wildman–Crippen LogP) is 2.55. The Balaban J connectivity index is 1.61. The number of ether oxygens (including phenoxy) is 5. The topological polar surface area (TPSA) is 173 Å². The molecule has 0 spiro atoms. The van der Waals surface area contributed by atoms with Gasteiger partial charge in [0.15, 0.2) is 35.4 Å². The first-order valence-electron chi connectivity index (χ1n) is 13.9. The summed E-state index contributed by atoms with van der Waals surface area (Å²) >= 11 is 0. The fraction of sp³-hybridized carbons (Fsp3) is 0.242. The largest absolute Gasteiger partial charge is 0.492 e. The minimum Gasteiger partial charge on any atom is -0.492 e. The van der Waals surface area contributed by atoms with Gasteiger partial charge in [0.1, 0.15) is 35.2 Å². The molecule has 234 valence electrons. The van der Waals surface area contributed by atoms with Crippen molar-refractivity contribution in [3.8, 4) is 28.6 Å². The van der Waals surface area contributed by atoms with Crippen LogP contribution >= 0.6 is 0 Å². The lowest BCUT2D eigenvalue weighted by Crippen LogP contribution is -2.60. The lowest BCUT2D eigenvalue weighted by atomic mass is 9.98. The molecule has 12 heteroatoms. The Morgan fingerprint density at radius 3 is 2.22 bits per heavy atom. The van der Waals surface area contributed by atoms with E-state index in [1.807, 2.05) is 12.1 Å². The molecule has 4 aliphatic rings. The minimum absolute atomic E-state index is 0.0143. The second-order valence-electron chi connectivity index (χ2n) is 10.3. The summed E-state index contributed by atoms with van der Waals surface area (Å²) in [7, 11) is 2.69. The molecule has 0 aromatic heterocycles. The number of Topliss-reactive ketones (excluding diaryl/α,β-unsaturated/α-hetero) is 1. The van der Waals surface area contributed by atoms with Gasteiger partial charge in [-0.2, -0.15) is 0 Å². The smallest absolute Gasteiger partial charge is 0.291 e. The van der Waals surface area contributed by atoms with Crippen LogP contribution in [-0.2, 0) is 19.0 Å². The first-order valence-corrected chi connectivity index (χ1v) is 13.9. The normalized spacial score (nSPS) is 23.5. The molecule has 5 N–H and O–H groups in total. The van der Waals surface area contributed by atoms with Crippen LogP contribution in [0, 0.1) is 0 Å². The zero-order chi connectivity index (χ0) is 31.8. The van der Waals surface area contributed by atoms with Gasteiger partial charge in [-0.05, 0) is 42.0 Å². The minimum atomic E-state index is -1.70. The molecule has 2 aromatic carbocycles. The Kier molecular flexibility index (Phi) is 8.23. The van der Waals surface area contributed by atoms with Crippen molar-refractivity contribution < 1.29 is 57.7 Å². The van der Waals surface area contributed by atoms with Gasteiger partial charge < -0.3 is 52.9 Å². The van der Waals surface area contributed by atoms with Gasteiger partial charge >= 0.3 is 0 Å². The lowest BCUT2D eigenvalue weighted by Gasteiger charge is -2.38. The number of aliphatic hydroxyl groups is 3. The van der Waals surface area contributed by atoms with Crippen LogP contribution in [0.3, 0.4) is 0 Å². The van der Waals surface area contributed by atoms with Gasteiger partial charge in [0.25, 0.3) is 11.7 Å². The Bertz CT molecular complexity index is 1820. The Labute approximate surface area is 256 Å². The number of rotatable bonds is 8. The van der Waals surface area contributed by atoms with Crippen LogP contribution in [0.2, 0.25) is 0 Å². The van der Waals surface area contributed by atoms with Gasteiger partial charge in [0, 0.05) is 17.2 Å². The molecule has 0 amide bonds. The molecule has 0 unspecified atom stereocenters. The summed E-state index contributed by atoms with van der Waals surface area (Å²) in [4.78, 5) is 12.8. The number of methoxy groups -OCH3 is 2. The van der Waals surface area contributed by atoms with E-state index in [4.69, 9.17) is 37.6 Å². The van der Waals surface area contributed by atoms with Crippen molar-refractivity contribution in [3.05, 3.63) is 89.8 Å². The molecule has 0 saturated carbocycles. The Morgan fingerprint density at radius 1 is 0.933 bits per heavy atom. The average molecular weight is 620 g/mol. The molecule has 5 atom stereocenters. The Hall–Kier alpha value is -4.85. The van der Waals surface area contributed by atoms with E-state index in [-0.39, 0.29) is 28.6 Å². The zero-order valence-electron chi connectivity index (χ0n) is 24.3. The molecule has 3 aliphatic heterocycles. The Morgan fingerprint density at radius 2 is 1.60 bits per heavy atom. The van der Waals surface area contributed by atoms with Crippen molar-refractivity contribution in [2.45, 2.75) is 30.7 Å². The van der Waals surface area contributed by atoms with Gasteiger partial charge in [-0.15, -0.1) is 0 Å². The average Bonchev–Trinajstić information content (AvgIpc) is 3.06. The number of benzene rings is 2. The highest BCUT2D eigenvalue weighted by Gasteiger charge is 2.46. The zero-order valence-corrected chi connectivity index (χ0v) is 24.3. The molecule has 3 heterocycles. The van der Waals surface area contributed by atoms with E-state index >= 15 is 0 Å². The van der Waals surface area contributed by atoms with Crippen molar-refractivity contribution in [1.82, 2.24) is 0 Å². The summed E-state index contributed by atoms with van der Waals surface area (Å²) in [5, 5.41) is 39.5. The molecular formula is C33H31O12+. The monoisotopic (exact) mass is 619 g/mol. The van der Waals surface area contributed by atoms with Crippen molar-refractivity contribution in [2.24, 2.45) is 0 Å². The fourth-order valence-electron chi connectivity index (χ4n) is 5.19. The van der Waals surface area contributed by atoms with Crippen molar-refractivity contribution in [1.29, 1.82) is 0 Å². The second-order valence-corrected chi connectivity index (χ2v) is 10.3. The second kappa shape index (κ2) is 12.3. The maximum Gasteiger partial charge on any atom is 0.291 e. The van der Waals surface area contributed by atoms with E-state index in [1.54, 1.807) is 42.5 Å². The summed E-state index contributed by atoms with van der Waals surface area (Å²) < 4.78 is 41.1. The van der Waals surface area contributed by atoms with E-state index in [0.717, 1.165) is 5.56 Å². The van der Waals surface area contributed by atoms with Gasteiger partial charge in [0.05, 0.1) is 19.8 Å². The fourth-order valence-corrected chi connectivity index (χ4v) is 5.19. The summed E-state index contributed by atoms with van der Waals surface area (Å²) in [6.07, 6.45) is -2.97. The van der Waals surface area contributed by atoms with Crippen LogP contribution in [0.25, 0.3) is 33.9 Å². The van der Waals surface area contributed by atoms with Crippen LogP contribution in [0.15, 0.2) is 87.6 Å². The molecule has 2 aromatic rings. The van der Waals surface area contributed by atoms with Gasteiger partial charge in [-0.25, -0.2) is 0 Å². The molecule has 45 heavy (non-hydrogen) atoms. The summed E-state index contributed by atoms with van der Waals surface area (Å²) in [5.74, 6) is 0.0380. The first kappa shape index (κ1) is 30.2. The number of hydrogen-bond donors (Lipinski definition) is 3. The maximum atomic E-state index is 12.8. The van der Waals surface area contributed by atoms with Gasteiger partial charge in [-0.3, -0.25) is 4.79 Å². The summed E-state index contributed by atoms with van der Waals surface area (Å²) in [5.41, 5.74) is 2.94. The summed E-state index contributed by atoms with van der Waals surface area (Å²) in [6, 6.07) is 13.9. The standard InChI is InChI=1S/C33H30O12/c1-4-16-8-10-18(11-9-16)41-25-14-19-26-20(42-25)6-5-7-21(26)43-31(17-12-22(39-2)27(35)23(13-17)40-3)32(19)45-33-30(38)29(37)28(36)24(15-34)44-33/h4-14,24,28-30,33-34,36-38H,1,15H2,2-3H3/p+1/t24-,28-,29+,30-,33+/m1/s1. The highest BCUT2D eigenvalue weighted by molar-refractivity contribution is 6.10. The van der Waals surface area contributed by atoms with Crippen LogP contribution < -0.4 is 14.9 Å². The maximum absolute atomic E-state index is 12.8. The molecule has 1 saturated heterocycles. The molecular weight excluding hydrogens is 588 g/mol. The van der Waals surface area contributed by atoms with E-state index in [9.17, 15) is 20.1 Å². The predicted molar refractivity (Wildman–Crippen MR) is 160 cm³/mol. The molecule has 1 fully saturated rings. The third-order valence-corrected chi connectivity index (χ3v) is 7.55. The number of carbonyl (C=O) groups excluding carboxylic acids is 1. The number of hydrogen-bond acceptors (Lipinski definition) is 11. The highest BCUT2D eigenvalue weighted by Crippen LogP contribution is 2.43. The molecule has 6 rings (SSSR count). The van der Waals surface area contributed by atoms with Crippen molar-refractivity contribution >= 4 is 28.6 Å².